The van der Waals surface area contributed by atoms with E-state index in [1.165, 1.54) is 70.0 Å². The first-order chi connectivity index (χ1) is 43.4. The molecule has 2 nitrogen and oxygen atoms in total. The fourth-order valence-electron chi connectivity index (χ4n) is 9.34. The van der Waals surface area contributed by atoms with Crippen LogP contribution in [0.5, 0.6) is 0 Å². The molecule has 12 aromatic carbocycles. The molecule has 89 heavy (non-hydrogen) atoms. The van der Waals surface area contributed by atoms with Gasteiger partial charge in [0.1, 0.15) is 14.4 Å². The van der Waals surface area contributed by atoms with E-state index in [4.69, 9.17) is 0 Å². The van der Waals surface area contributed by atoms with Crippen LogP contribution in [0.3, 0.4) is 0 Å². The van der Waals surface area contributed by atoms with Gasteiger partial charge in [-0.25, -0.2) is 9.97 Å². The first-order valence-corrected chi connectivity index (χ1v) is 38.3. The third-order valence-corrected chi connectivity index (χ3v) is 24.0. The molecule has 0 saturated heterocycles. The fourth-order valence-corrected chi connectivity index (χ4v) is 19.1. The summed E-state index contributed by atoms with van der Waals surface area (Å²) >= 11 is 0. The molecule has 0 radical (unpaired) electrons. The average Bonchev–Trinajstić information content (AvgIpc) is 3.77. The predicted molar refractivity (Wildman–Crippen MR) is 393 cm³/mol. The molecule has 0 aliphatic rings. The summed E-state index contributed by atoms with van der Waals surface area (Å²) in [4.78, 5) is 7.77. The first-order valence-electron chi connectivity index (χ1n) is 29.5. The van der Waals surface area contributed by atoms with Crippen LogP contribution in [0.15, 0.2) is 383 Å². The average molecular weight is 1330 g/mol. The molecule has 0 aliphatic heterocycles. The second kappa shape index (κ2) is 37.0. The van der Waals surface area contributed by atoms with Gasteiger partial charge in [-0.05, 0) is 95.3 Å². The zero-order valence-electron chi connectivity index (χ0n) is 50.4. The summed E-state index contributed by atoms with van der Waals surface area (Å²) < 4.78 is 0. The summed E-state index contributed by atoms with van der Waals surface area (Å²) in [5.41, 5.74) is 4.15. The van der Waals surface area contributed by atoms with E-state index in [0.717, 1.165) is 5.56 Å². The van der Waals surface area contributed by atoms with Crippen LogP contribution < -0.4 is 63.7 Å². The Hall–Kier alpha value is -8.12. The van der Waals surface area contributed by atoms with Gasteiger partial charge in [0.15, 0.2) is 0 Å². The predicted octanol–water partition coefficient (Wildman–Crippen LogP) is 15.5. The molecule has 13 rings (SSSR count). The van der Waals surface area contributed by atoms with Crippen LogP contribution in [0, 0.1) is 11.5 Å². The summed E-state index contributed by atoms with van der Waals surface area (Å²) in [6.07, 6.45) is 4.99. The zero-order valence-corrected chi connectivity index (χ0v) is 56.5. The standard InChI is InChI=1S/4C18H15P.C9H12N2Si.Pd/c4*1-4-10-16(11-5-1)19(17-12-6-2-7-13-17)18-14-8-3-9-15-18;1-12(2,3)5-4-9-6-10-8-11-7-9;/h4*1-15H;6-8H,1-3H3;. The Bertz CT molecular complexity index is 3180. The Labute approximate surface area is 549 Å². The fraction of sp³-hybridized carbons (Fsp3) is 0.0370. The van der Waals surface area contributed by atoms with Crippen LogP contribution in [-0.2, 0) is 20.4 Å². The van der Waals surface area contributed by atoms with E-state index >= 15 is 0 Å². The van der Waals surface area contributed by atoms with E-state index in [0.29, 0.717) is 0 Å². The van der Waals surface area contributed by atoms with Gasteiger partial charge in [0.05, 0.1) is 5.56 Å². The normalized spacial score (nSPS) is 10.4. The molecule has 1 heterocycles. The molecule has 0 fully saturated rings. The number of hydrogen-bond donors (Lipinski definition) is 0. The number of aromatic nitrogens is 2. The van der Waals surface area contributed by atoms with Crippen molar-refractivity contribution in [1.82, 2.24) is 9.97 Å². The molecule has 0 unspecified atom stereocenters. The van der Waals surface area contributed by atoms with Crippen molar-refractivity contribution in [3.05, 3.63) is 388 Å². The molecule has 0 saturated carbocycles. The van der Waals surface area contributed by atoms with Crippen molar-refractivity contribution < 1.29 is 20.4 Å². The molecule has 1 aromatic heterocycles. The van der Waals surface area contributed by atoms with E-state index in [1.54, 1.807) is 12.4 Å². The summed E-state index contributed by atoms with van der Waals surface area (Å²) in [5, 5.41) is 16.8. The minimum absolute atomic E-state index is 0. The number of nitrogens with zero attached hydrogens (tertiary/aromatic N) is 2. The molecule has 0 spiro atoms. The van der Waals surface area contributed by atoms with E-state index in [1.807, 2.05) is 0 Å². The van der Waals surface area contributed by atoms with Crippen molar-refractivity contribution in [3.8, 4) is 11.5 Å². The third-order valence-electron chi connectivity index (χ3n) is 13.3. The maximum absolute atomic E-state index is 3.89. The smallest absolute Gasteiger partial charge is 0.129 e. The van der Waals surface area contributed by atoms with E-state index in [-0.39, 0.29) is 20.4 Å². The van der Waals surface area contributed by atoms with E-state index in [9.17, 15) is 0 Å². The summed E-state index contributed by atoms with van der Waals surface area (Å²) in [7, 11) is -3.04. The maximum atomic E-state index is 3.89. The largest absolute Gasteiger partial charge is 0.244 e. The second-order valence-electron chi connectivity index (χ2n) is 21.0. The van der Waals surface area contributed by atoms with Crippen molar-refractivity contribution in [2.24, 2.45) is 0 Å². The zero-order chi connectivity index (χ0) is 60.7. The number of benzene rings is 12. The van der Waals surface area contributed by atoms with Crippen molar-refractivity contribution in [2.45, 2.75) is 19.6 Å². The van der Waals surface area contributed by atoms with Gasteiger partial charge >= 0.3 is 0 Å². The van der Waals surface area contributed by atoms with Crippen LogP contribution in [0.25, 0.3) is 0 Å². The van der Waals surface area contributed by atoms with E-state index < -0.39 is 39.8 Å². The molecular weight excluding hydrogens is 1260 g/mol. The van der Waals surface area contributed by atoms with Crippen LogP contribution in [0.2, 0.25) is 19.6 Å². The van der Waals surface area contributed by atoms with Gasteiger partial charge in [-0.15, -0.1) is 5.54 Å². The van der Waals surface area contributed by atoms with Crippen LogP contribution in [0.1, 0.15) is 5.56 Å². The monoisotopic (exact) mass is 1330 g/mol. The topological polar surface area (TPSA) is 25.8 Å². The quantitative estimate of drug-likeness (QED) is 0.0692. The Balaban J connectivity index is 0.000000145. The SMILES string of the molecule is C[Si](C)(C)C#Cc1cncnc1.[Pd].c1ccc(P(c2ccccc2)c2ccccc2)cc1.c1ccc(P(c2ccccc2)c2ccccc2)cc1.c1ccc(P(c2ccccc2)c2ccccc2)cc1.c1ccc(P(c2ccccc2)c2ccccc2)cc1. The summed E-state index contributed by atoms with van der Waals surface area (Å²) in [6, 6.07) is 129. The molecule has 440 valence electrons. The second-order valence-corrected chi connectivity index (χ2v) is 34.6. The first kappa shape index (κ1) is 66.8. The van der Waals surface area contributed by atoms with Crippen molar-refractivity contribution in [2.75, 3.05) is 0 Å². The minimum Gasteiger partial charge on any atom is -0.244 e. The van der Waals surface area contributed by atoms with Crippen molar-refractivity contribution in [1.29, 1.82) is 0 Å². The molecule has 0 bridgehead atoms. The Morgan fingerprint density at radius 1 is 0.225 bits per heavy atom. The summed E-state index contributed by atoms with van der Waals surface area (Å²) in [5.74, 6) is 3.07. The number of hydrogen-bond acceptors (Lipinski definition) is 2. The van der Waals surface area contributed by atoms with Crippen molar-refractivity contribution in [3.63, 3.8) is 0 Å². The molecule has 8 heteroatoms. The Kier molecular flexibility index (Phi) is 27.8. The maximum Gasteiger partial charge on any atom is 0.129 e. The van der Waals surface area contributed by atoms with Crippen LogP contribution >= 0.6 is 31.7 Å². The van der Waals surface area contributed by atoms with Crippen LogP contribution in [-0.4, -0.2) is 18.0 Å². The molecular formula is C81H72N2P4PdSi. The van der Waals surface area contributed by atoms with Crippen LogP contribution in [0.4, 0.5) is 0 Å². The van der Waals surface area contributed by atoms with Gasteiger partial charge in [0.25, 0.3) is 0 Å². The number of rotatable bonds is 12. The van der Waals surface area contributed by atoms with Gasteiger partial charge in [0.2, 0.25) is 0 Å². The van der Waals surface area contributed by atoms with E-state index in [2.05, 4.69) is 405 Å². The molecule has 0 amide bonds. The molecule has 0 N–H and O–H groups in total. The van der Waals surface area contributed by atoms with Gasteiger partial charge < -0.3 is 0 Å². The summed E-state index contributed by atoms with van der Waals surface area (Å²) in [6.45, 7) is 6.64. The van der Waals surface area contributed by atoms with Crippen molar-refractivity contribution >= 4 is 103 Å². The van der Waals surface area contributed by atoms with Gasteiger partial charge in [-0.3, -0.25) is 0 Å². The Morgan fingerprint density at radius 3 is 0.483 bits per heavy atom. The molecule has 0 aliphatic carbocycles. The third kappa shape index (κ3) is 21.6. The molecule has 0 atom stereocenters. The molecule has 13 aromatic rings. The minimum atomic E-state index is -1.26. The Morgan fingerprint density at radius 2 is 0.360 bits per heavy atom. The van der Waals surface area contributed by atoms with Gasteiger partial charge in [-0.2, -0.15) is 0 Å². The van der Waals surface area contributed by atoms with Gasteiger partial charge in [0, 0.05) is 32.8 Å². The van der Waals surface area contributed by atoms with Gasteiger partial charge in [-0.1, -0.05) is 390 Å².